The van der Waals surface area contributed by atoms with Crippen molar-refractivity contribution in [3.8, 4) is 0 Å². The van der Waals surface area contributed by atoms with Crippen molar-refractivity contribution in [1.82, 2.24) is 18.5 Å². The number of rotatable bonds is 1. The molecule has 0 heterocycles. The van der Waals surface area contributed by atoms with Gasteiger partial charge in [-0.25, -0.2) is 0 Å². The highest BCUT2D eigenvalue weighted by molar-refractivity contribution is 6.48. The third kappa shape index (κ3) is 32.4. The first kappa shape index (κ1) is 23.1. The Morgan fingerprint density at radius 3 is 1.11 bits per heavy atom. The number of hydrogen-bond acceptors (Lipinski definition) is 7. The molecule has 0 aliphatic rings. The van der Waals surface area contributed by atoms with Gasteiger partial charge in [-0.2, -0.15) is 0 Å². The maximum Gasteiger partial charge on any atom is 0.671 e. The van der Waals surface area contributed by atoms with Gasteiger partial charge in [0.25, 0.3) is 0 Å². The van der Waals surface area contributed by atoms with Gasteiger partial charge in [0, 0.05) is 7.11 Å². The van der Waals surface area contributed by atoms with Crippen molar-refractivity contribution in [3.05, 3.63) is 0 Å². The van der Waals surface area contributed by atoms with Crippen molar-refractivity contribution in [3.63, 3.8) is 0 Å². The first-order chi connectivity index (χ1) is 2.56. The van der Waals surface area contributed by atoms with Crippen molar-refractivity contribution in [1.29, 1.82) is 0 Å². The molecular weight excluding hydrogens is 146 g/mol. The summed E-state index contributed by atoms with van der Waals surface area (Å²) < 4.78 is 3.74. The molecule has 0 aromatic rings. The Morgan fingerprint density at radius 1 is 1.00 bits per heavy atom. The van der Waals surface area contributed by atoms with Crippen LogP contribution < -0.4 is 18.5 Å². The van der Waals surface area contributed by atoms with Crippen LogP contribution >= 0.6 is 0 Å². The zero-order chi connectivity index (χ0) is 5.21. The van der Waals surface area contributed by atoms with Gasteiger partial charge in [0.2, 0.25) is 0 Å². The molecule has 8 heteroatoms. The van der Waals surface area contributed by atoms with Gasteiger partial charge in [-0.05, 0) is 0 Å². The molecule has 7 nitrogen and oxygen atoms in total. The van der Waals surface area contributed by atoms with Crippen LogP contribution in [0.15, 0.2) is 0 Å². The molecule has 0 fully saturated rings. The second-order valence-corrected chi connectivity index (χ2v) is 2.33. The van der Waals surface area contributed by atoms with Crippen LogP contribution in [0.25, 0.3) is 0 Å². The van der Waals surface area contributed by atoms with Crippen LogP contribution in [0, 0.1) is 0 Å². The Kier molecular flexibility index (Phi) is 20.4. The molecule has 0 atom stereocenters. The molecule has 0 aliphatic carbocycles. The van der Waals surface area contributed by atoms with E-state index in [-0.39, 0.29) is 18.5 Å². The molecule has 0 rings (SSSR count). The summed E-state index contributed by atoms with van der Waals surface area (Å²) in [5.74, 6) is 0. The highest BCUT2D eigenvalue weighted by Crippen LogP contribution is 1.80. The molecular formula is CH15N3O4Si. The van der Waals surface area contributed by atoms with E-state index in [1.807, 2.05) is 0 Å². The maximum atomic E-state index is 7.85. The molecule has 0 saturated heterocycles. The van der Waals surface area contributed by atoms with Crippen LogP contribution in [-0.4, -0.2) is 30.5 Å². The Morgan fingerprint density at radius 2 is 1.11 bits per heavy atom. The summed E-state index contributed by atoms with van der Waals surface area (Å²) >= 11 is 0. The van der Waals surface area contributed by atoms with Crippen LogP contribution in [0.1, 0.15) is 0 Å². The van der Waals surface area contributed by atoms with Crippen molar-refractivity contribution < 1.29 is 18.8 Å². The molecule has 0 amide bonds. The molecule has 0 bridgehead atoms. The maximum absolute atomic E-state index is 7.85. The summed E-state index contributed by atoms with van der Waals surface area (Å²) in [6.45, 7) is 0. The lowest BCUT2D eigenvalue weighted by molar-refractivity contribution is 0.0881. The van der Waals surface area contributed by atoms with Crippen LogP contribution in [0.3, 0.4) is 0 Å². The zero-order valence-electron chi connectivity index (χ0n) is 5.37. The topological polar surface area (TPSA) is 175 Å². The lowest BCUT2D eigenvalue weighted by Crippen LogP contribution is -2.37. The van der Waals surface area contributed by atoms with E-state index in [1.54, 1.807) is 0 Å². The fourth-order valence-corrected chi connectivity index (χ4v) is 0. The first-order valence-corrected chi connectivity index (χ1v) is 3.03. The Balaban J connectivity index is -0.0000000417. The minimum Gasteiger partial charge on any atom is -0.368 e. The smallest absolute Gasteiger partial charge is 0.368 e. The predicted octanol–water partition coefficient (Wildman–Crippen LogP) is -1.47. The van der Waals surface area contributed by atoms with E-state index in [0.29, 0.717) is 0 Å². The van der Waals surface area contributed by atoms with Gasteiger partial charge in [0.05, 0.1) is 0 Å². The summed E-state index contributed by atoms with van der Waals surface area (Å²) in [6, 6.07) is 0. The Bertz CT molecular complexity index is 45.6. The predicted molar refractivity (Wildman–Crippen MR) is 34.5 cm³/mol. The summed E-state index contributed by atoms with van der Waals surface area (Å²) in [7, 11) is -3.11. The fourth-order valence-electron chi connectivity index (χ4n) is 0. The largest absolute Gasteiger partial charge is 0.671 e. The van der Waals surface area contributed by atoms with Crippen molar-refractivity contribution >= 4 is 9.05 Å². The molecule has 0 spiro atoms. The quantitative estimate of drug-likeness (QED) is 0.254. The highest BCUT2D eigenvalue weighted by atomic mass is 28.4. The highest BCUT2D eigenvalue weighted by Gasteiger charge is 2.27. The van der Waals surface area contributed by atoms with Crippen molar-refractivity contribution in [2.45, 2.75) is 0 Å². The molecule has 0 unspecified atom stereocenters. The fraction of sp³-hybridized carbons (Fsp3) is 1.00. The second-order valence-electron chi connectivity index (χ2n) is 0.778. The van der Waals surface area contributed by atoms with Crippen LogP contribution in [0.4, 0.5) is 0 Å². The molecule has 0 radical (unpaired) electrons. The number of hydrogen-bond donors (Lipinski definition) is 6. The third-order valence-electron chi connectivity index (χ3n) is 0.274. The average Bonchev–Trinajstić information content (AvgIpc) is 1.35. The average molecular weight is 161 g/mol. The van der Waals surface area contributed by atoms with Gasteiger partial charge in [0.15, 0.2) is 0 Å². The molecule has 9 heavy (non-hydrogen) atoms. The minimum atomic E-state index is -4.13. The van der Waals surface area contributed by atoms with E-state index in [0.717, 1.165) is 7.11 Å². The van der Waals surface area contributed by atoms with Crippen molar-refractivity contribution in [2.24, 2.45) is 0 Å². The van der Waals surface area contributed by atoms with Gasteiger partial charge in [-0.1, -0.05) is 0 Å². The normalized spacial score (nSPS) is 8.00. The van der Waals surface area contributed by atoms with Crippen LogP contribution in [0.5, 0.6) is 0 Å². The molecule has 12 N–H and O–H groups in total. The van der Waals surface area contributed by atoms with Gasteiger partial charge >= 0.3 is 9.05 Å². The molecule has 62 valence electrons. The lowest BCUT2D eigenvalue weighted by Gasteiger charge is -2.01. The van der Waals surface area contributed by atoms with E-state index in [1.165, 1.54) is 0 Å². The monoisotopic (exact) mass is 161 g/mol. The summed E-state index contributed by atoms with van der Waals surface area (Å²) in [4.78, 5) is 23.6. The Labute approximate surface area is 54.5 Å². The molecule has 0 aromatic heterocycles. The Hall–Kier alpha value is -0.0631. The third-order valence-corrected chi connectivity index (χ3v) is 0.822. The van der Waals surface area contributed by atoms with Gasteiger partial charge < -0.3 is 37.3 Å². The molecule has 0 saturated carbocycles. The van der Waals surface area contributed by atoms with E-state index < -0.39 is 9.05 Å². The van der Waals surface area contributed by atoms with Crippen molar-refractivity contribution in [2.75, 3.05) is 7.11 Å². The standard InChI is InChI=1S/CH6O4Si.3H3N/c1-5-6(2,3)4;;;/h2-4H,1H3;3*1H3. The van der Waals surface area contributed by atoms with Crippen LogP contribution in [0.2, 0.25) is 0 Å². The SMILES string of the molecule is CO[Si](O)(O)O.N.N.N. The summed E-state index contributed by atoms with van der Waals surface area (Å²) in [5.41, 5.74) is 0. The van der Waals surface area contributed by atoms with Gasteiger partial charge in [0.1, 0.15) is 0 Å². The van der Waals surface area contributed by atoms with E-state index >= 15 is 0 Å². The lowest BCUT2D eigenvalue weighted by atomic mass is 11.8. The zero-order valence-corrected chi connectivity index (χ0v) is 6.37. The summed E-state index contributed by atoms with van der Waals surface area (Å²) in [6.07, 6.45) is 0. The molecule has 0 aromatic carbocycles. The summed E-state index contributed by atoms with van der Waals surface area (Å²) in [5, 5.41) is 0. The van der Waals surface area contributed by atoms with E-state index in [2.05, 4.69) is 4.43 Å². The minimum absolute atomic E-state index is 0. The molecule has 0 aliphatic heterocycles. The van der Waals surface area contributed by atoms with E-state index in [4.69, 9.17) is 14.4 Å². The first-order valence-electron chi connectivity index (χ1n) is 1.28. The van der Waals surface area contributed by atoms with Crippen LogP contribution in [-0.2, 0) is 4.43 Å². The second kappa shape index (κ2) is 7.94. The van der Waals surface area contributed by atoms with Gasteiger partial charge in [-0.3, -0.25) is 0 Å². The van der Waals surface area contributed by atoms with Gasteiger partial charge in [-0.15, -0.1) is 0 Å². The van der Waals surface area contributed by atoms with E-state index in [9.17, 15) is 0 Å².